The molecule has 2 rings (SSSR count). The Bertz CT molecular complexity index is 635. The van der Waals surface area contributed by atoms with Gasteiger partial charge in [0, 0.05) is 31.4 Å². The smallest absolute Gasteiger partial charge is 0.146 e. The molecule has 2 aromatic carbocycles. The van der Waals surface area contributed by atoms with E-state index in [1.165, 1.54) is 0 Å². The first-order valence-corrected chi connectivity index (χ1v) is 7.89. The predicted molar refractivity (Wildman–Crippen MR) is 93.0 cm³/mol. The maximum atomic E-state index is 6.17. The lowest BCUT2D eigenvalue weighted by Gasteiger charge is -2.12. The molecule has 0 radical (unpaired) electrons. The molecule has 0 atom stereocenters. The monoisotopic (exact) mass is 359 g/mol. The van der Waals surface area contributed by atoms with Crippen molar-refractivity contribution in [2.45, 2.75) is 6.42 Å². The average molecular weight is 361 g/mol. The van der Waals surface area contributed by atoms with Gasteiger partial charge >= 0.3 is 0 Å². The summed E-state index contributed by atoms with van der Waals surface area (Å²) in [5, 5.41) is 4.90. The third-order valence-corrected chi connectivity index (χ3v) is 3.76. The molecular formula is C16H16Cl3NO2. The molecule has 0 bridgehead atoms. The third-order valence-electron chi connectivity index (χ3n) is 2.90. The van der Waals surface area contributed by atoms with Gasteiger partial charge in [-0.05, 0) is 36.8 Å². The number of benzene rings is 2. The molecule has 0 fully saturated rings. The van der Waals surface area contributed by atoms with Gasteiger partial charge in [0.2, 0.25) is 0 Å². The van der Waals surface area contributed by atoms with E-state index in [1.807, 2.05) is 6.07 Å². The summed E-state index contributed by atoms with van der Waals surface area (Å²) < 4.78 is 10.8. The van der Waals surface area contributed by atoms with Crippen LogP contribution >= 0.6 is 34.8 Å². The van der Waals surface area contributed by atoms with Crippen LogP contribution in [0, 0.1) is 0 Å². The summed E-state index contributed by atoms with van der Waals surface area (Å²) in [7, 11) is 1.68. The van der Waals surface area contributed by atoms with Crippen molar-refractivity contribution >= 4 is 40.5 Å². The molecule has 22 heavy (non-hydrogen) atoms. The SMILES string of the molecule is COCCCNc1cc(Oc2ccc(Cl)cc2Cl)ccc1Cl. The Morgan fingerprint density at radius 2 is 1.82 bits per heavy atom. The maximum Gasteiger partial charge on any atom is 0.146 e. The largest absolute Gasteiger partial charge is 0.456 e. The summed E-state index contributed by atoms with van der Waals surface area (Å²) in [4.78, 5) is 0. The number of nitrogens with one attached hydrogen (secondary N) is 1. The first-order chi connectivity index (χ1) is 10.6. The fourth-order valence-corrected chi connectivity index (χ4v) is 2.46. The molecule has 0 heterocycles. The van der Waals surface area contributed by atoms with Crippen LogP contribution in [0.25, 0.3) is 0 Å². The number of hydrogen-bond donors (Lipinski definition) is 1. The van der Waals surface area contributed by atoms with Crippen molar-refractivity contribution in [2.75, 3.05) is 25.6 Å². The van der Waals surface area contributed by atoms with Crippen LogP contribution in [-0.2, 0) is 4.74 Å². The highest BCUT2D eigenvalue weighted by atomic mass is 35.5. The molecule has 1 N–H and O–H groups in total. The number of methoxy groups -OCH3 is 1. The van der Waals surface area contributed by atoms with Crippen molar-refractivity contribution in [1.29, 1.82) is 0 Å². The highest BCUT2D eigenvalue weighted by Crippen LogP contribution is 2.34. The highest BCUT2D eigenvalue weighted by molar-refractivity contribution is 6.35. The fourth-order valence-electron chi connectivity index (χ4n) is 1.83. The van der Waals surface area contributed by atoms with Gasteiger partial charge in [-0.2, -0.15) is 0 Å². The van der Waals surface area contributed by atoms with E-state index < -0.39 is 0 Å². The Morgan fingerprint density at radius 3 is 2.55 bits per heavy atom. The minimum absolute atomic E-state index is 0.456. The summed E-state index contributed by atoms with van der Waals surface area (Å²) in [5.74, 6) is 1.18. The van der Waals surface area contributed by atoms with Crippen LogP contribution in [0.1, 0.15) is 6.42 Å². The Hall–Kier alpha value is -1.13. The van der Waals surface area contributed by atoms with E-state index in [-0.39, 0.29) is 0 Å². The third kappa shape index (κ3) is 4.96. The van der Waals surface area contributed by atoms with Crippen LogP contribution in [0.2, 0.25) is 15.1 Å². The van der Waals surface area contributed by atoms with Gasteiger partial charge in [-0.25, -0.2) is 0 Å². The van der Waals surface area contributed by atoms with Crippen molar-refractivity contribution in [3.8, 4) is 11.5 Å². The molecule has 0 saturated heterocycles. The molecule has 6 heteroatoms. The maximum absolute atomic E-state index is 6.17. The second kappa shape index (κ2) is 8.49. The molecule has 0 amide bonds. The summed E-state index contributed by atoms with van der Waals surface area (Å²) in [5.41, 5.74) is 0.806. The molecule has 3 nitrogen and oxygen atoms in total. The van der Waals surface area contributed by atoms with Crippen LogP contribution in [0.5, 0.6) is 11.5 Å². The molecule has 118 valence electrons. The Kier molecular flexibility index (Phi) is 6.65. The average Bonchev–Trinajstić information content (AvgIpc) is 2.49. The zero-order valence-corrected chi connectivity index (χ0v) is 14.3. The molecule has 0 spiro atoms. The molecule has 0 aliphatic heterocycles. The van der Waals surface area contributed by atoms with Gasteiger partial charge in [0.1, 0.15) is 11.5 Å². The van der Waals surface area contributed by atoms with E-state index in [0.29, 0.717) is 33.2 Å². The number of anilines is 1. The van der Waals surface area contributed by atoms with E-state index in [9.17, 15) is 0 Å². The second-order valence-electron chi connectivity index (χ2n) is 4.59. The molecule has 0 aromatic heterocycles. The van der Waals surface area contributed by atoms with Gasteiger partial charge < -0.3 is 14.8 Å². The Balaban J connectivity index is 2.08. The molecule has 0 aliphatic rings. The predicted octanol–water partition coefficient (Wildman–Crippen LogP) is 5.89. The summed E-state index contributed by atoms with van der Waals surface area (Å²) in [6.07, 6.45) is 0.890. The molecule has 0 aliphatic carbocycles. The van der Waals surface area contributed by atoms with Crippen LogP contribution in [0.3, 0.4) is 0 Å². The van der Waals surface area contributed by atoms with Crippen LogP contribution < -0.4 is 10.1 Å². The summed E-state index contributed by atoms with van der Waals surface area (Å²) >= 11 is 18.1. The quantitative estimate of drug-likeness (QED) is 0.625. The number of rotatable bonds is 7. The normalized spacial score (nSPS) is 10.5. The Labute approximate surface area is 145 Å². The van der Waals surface area contributed by atoms with Crippen molar-refractivity contribution in [3.05, 3.63) is 51.5 Å². The minimum atomic E-state index is 0.456. The molecular weight excluding hydrogens is 345 g/mol. The number of halogens is 3. The highest BCUT2D eigenvalue weighted by Gasteiger charge is 2.07. The van der Waals surface area contributed by atoms with Crippen molar-refractivity contribution in [2.24, 2.45) is 0 Å². The van der Waals surface area contributed by atoms with Crippen LogP contribution in [0.4, 0.5) is 5.69 Å². The fraction of sp³-hybridized carbons (Fsp3) is 0.250. The number of ether oxygens (including phenoxy) is 2. The first-order valence-electron chi connectivity index (χ1n) is 6.75. The van der Waals surface area contributed by atoms with E-state index in [2.05, 4.69) is 5.32 Å². The van der Waals surface area contributed by atoms with Gasteiger partial charge in [-0.3, -0.25) is 0 Å². The molecule has 0 unspecified atom stereocenters. The van der Waals surface area contributed by atoms with E-state index in [4.69, 9.17) is 44.3 Å². The van der Waals surface area contributed by atoms with Gasteiger partial charge in [0.15, 0.2) is 0 Å². The van der Waals surface area contributed by atoms with Gasteiger partial charge in [0.25, 0.3) is 0 Å². The summed E-state index contributed by atoms with van der Waals surface area (Å²) in [6.45, 7) is 1.46. The van der Waals surface area contributed by atoms with Crippen LogP contribution in [0.15, 0.2) is 36.4 Å². The second-order valence-corrected chi connectivity index (χ2v) is 5.84. The topological polar surface area (TPSA) is 30.5 Å². The van der Waals surface area contributed by atoms with Crippen molar-refractivity contribution in [3.63, 3.8) is 0 Å². The lowest BCUT2D eigenvalue weighted by atomic mass is 10.3. The zero-order chi connectivity index (χ0) is 15.9. The van der Waals surface area contributed by atoms with Gasteiger partial charge in [-0.15, -0.1) is 0 Å². The number of hydrogen-bond acceptors (Lipinski definition) is 3. The summed E-state index contributed by atoms with van der Waals surface area (Å²) in [6, 6.07) is 10.5. The van der Waals surface area contributed by atoms with Crippen molar-refractivity contribution in [1.82, 2.24) is 0 Å². The Morgan fingerprint density at radius 1 is 1.00 bits per heavy atom. The molecule has 2 aromatic rings. The van der Waals surface area contributed by atoms with E-state index in [0.717, 1.165) is 18.7 Å². The zero-order valence-electron chi connectivity index (χ0n) is 12.0. The lowest BCUT2D eigenvalue weighted by molar-refractivity contribution is 0.198. The van der Waals surface area contributed by atoms with E-state index in [1.54, 1.807) is 37.4 Å². The first kappa shape index (κ1) is 17.2. The van der Waals surface area contributed by atoms with E-state index >= 15 is 0 Å². The minimum Gasteiger partial charge on any atom is -0.456 e. The van der Waals surface area contributed by atoms with Gasteiger partial charge in [-0.1, -0.05) is 34.8 Å². The standard InChI is InChI=1S/C16H16Cl3NO2/c1-21-8-2-7-20-15-10-12(4-5-13(15)18)22-16-6-3-11(17)9-14(16)19/h3-6,9-10,20H,2,7-8H2,1H3. The van der Waals surface area contributed by atoms with Crippen LogP contribution in [-0.4, -0.2) is 20.3 Å². The lowest BCUT2D eigenvalue weighted by Crippen LogP contribution is -2.05. The molecule has 0 saturated carbocycles. The van der Waals surface area contributed by atoms with Gasteiger partial charge in [0.05, 0.1) is 15.7 Å². The van der Waals surface area contributed by atoms with Crippen molar-refractivity contribution < 1.29 is 9.47 Å².